The van der Waals surface area contributed by atoms with E-state index in [2.05, 4.69) is 22.3 Å². The predicted molar refractivity (Wildman–Crippen MR) is 81.4 cm³/mol. The van der Waals surface area contributed by atoms with Crippen molar-refractivity contribution in [1.29, 1.82) is 0 Å². The smallest absolute Gasteiger partial charge is 0.240 e. The molecule has 5 nitrogen and oxygen atoms in total. The van der Waals surface area contributed by atoms with E-state index in [4.69, 9.17) is 0 Å². The lowest BCUT2D eigenvalue weighted by atomic mass is 9.83. The first-order valence-corrected chi connectivity index (χ1v) is 8.42. The normalized spacial score (nSPS) is 23.5. The molecule has 0 saturated carbocycles. The molecule has 1 fully saturated rings. The van der Waals surface area contributed by atoms with E-state index >= 15 is 0 Å². The maximum atomic E-state index is 11.6. The highest BCUT2D eigenvalue weighted by molar-refractivity contribution is 7.89. The van der Waals surface area contributed by atoms with Crippen LogP contribution in [0.25, 0.3) is 0 Å². The molecule has 2 rings (SSSR count). The molecule has 1 aromatic carbocycles. The van der Waals surface area contributed by atoms with E-state index < -0.39 is 10.0 Å². The van der Waals surface area contributed by atoms with Crippen molar-refractivity contribution in [2.24, 2.45) is 5.41 Å². The lowest BCUT2D eigenvalue weighted by molar-refractivity contribution is 0.253. The Morgan fingerprint density at radius 2 is 2.00 bits per heavy atom. The van der Waals surface area contributed by atoms with E-state index in [-0.39, 0.29) is 10.3 Å². The summed E-state index contributed by atoms with van der Waals surface area (Å²) in [4.78, 5) is 0.288. The molecule has 1 saturated heterocycles. The van der Waals surface area contributed by atoms with Crippen LogP contribution < -0.4 is 15.4 Å². The van der Waals surface area contributed by atoms with Gasteiger partial charge in [-0.25, -0.2) is 13.1 Å². The average Bonchev–Trinajstić information content (AvgIpc) is 2.46. The van der Waals surface area contributed by atoms with E-state index in [1.165, 1.54) is 19.9 Å². The van der Waals surface area contributed by atoms with Crippen molar-refractivity contribution in [3.05, 3.63) is 24.3 Å². The molecule has 20 heavy (non-hydrogen) atoms. The Labute approximate surface area is 121 Å². The lowest BCUT2D eigenvalue weighted by Gasteiger charge is -2.34. The maximum Gasteiger partial charge on any atom is 0.240 e. The summed E-state index contributed by atoms with van der Waals surface area (Å²) in [5, 5.41) is 6.82. The van der Waals surface area contributed by atoms with E-state index in [1.807, 2.05) is 12.1 Å². The van der Waals surface area contributed by atoms with Crippen molar-refractivity contribution in [3.8, 4) is 0 Å². The Morgan fingerprint density at radius 1 is 1.30 bits per heavy atom. The molecule has 1 aliphatic rings. The zero-order chi connectivity index (χ0) is 14.6. The van der Waals surface area contributed by atoms with Crippen LogP contribution in [-0.4, -0.2) is 35.1 Å². The third-order valence-corrected chi connectivity index (χ3v) is 5.27. The Balaban J connectivity index is 1.97. The molecule has 6 heteroatoms. The number of nitrogens with one attached hydrogen (secondary N) is 3. The second-order valence-electron chi connectivity index (χ2n) is 5.68. The first-order chi connectivity index (χ1) is 9.45. The summed E-state index contributed by atoms with van der Waals surface area (Å²) in [5.74, 6) is 0. The van der Waals surface area contributed by atoms with Gasteiger partial charge in [-0.15, -0.1) is 0 Å². The fourth-order valence-electron chi connectivity index (χ4n) is 2.45. The fourth-order valence-corrected chi connectivity index (χ4v) is 3.18. The zero-order valence-electron chi connectivity index (χ0n) is 12.1. The van der Waals surface area contributed by atoms with Crippen molar-refractivity contribution < 1.29 is 8.42 Å². The van der Waals surface area contributed by atoms with Gasteiger partial charge in [-0.2, -0.15) is 0 Å². The number of piperidine rings is 1. The van der Waals surface area contributed by atoms with E-state index in [0.29, 0.717) is 0 Å². The van der Waals surface area contributed by atoms with E-state index in [1.54, 1.807) is 12.1 Å². The molecule has 1 aromatic rings. The minimum Gasteiger partial charge on any atom is -0.384 e. The maximum absolute atomic E-state index is 11.6. The summed E-state index contributed by atoms with van der Waals surface area (Å²) in [6.45, 7) is 5.28. The van der Waals surface area contributed by atoms with Gasteiger partial charge in [0.2, 0.25) is 10.0 Å². The summed E-state index contributed by atoms with van der Waals surface area (Å²) in [5.41, 5.74) is 1.21. The van der Waals surface area contributed by atoms with Gasteiger partial charge in [0, 0.05) is 18.8 Å². The number of sulfonamides is 1. The first kappa shape index (κ1) is 15.3. The van der Waals surface area contributed by atoms with Crippen LogP contribution >= 0.6 is 0 Å². The molecule has 1 unspecified atom stereocenters. The van der Waals surface area contributed by atoms with Crippen LogP contribution in [-0.2, 0) is 10.0 Å². The molecule has 1 heterocycles. The number of anilines is 1. The Bertz CT molecular complexity index is 534. The third-order valence-electron chi connectivity index (χ3n) is 3.84. The number of hydrogen-bond acceptors (Lipinski definition) is 4. The monoisotopic (exact) mass is 297 g/mol. The summed E-state index contributed by atoms with van der Waals surface area (Å²) < 4.78 is 25.6. The van der Waals surface area contributed by atoms with Crippen LogP contribution in [0.2, 0.25) is 0 Å². The van der Waals surface area contributed by atoms with Crippen molar-refractivity contribution in [2.45, 2.75) is 24.7 Å². The largest absolute Gasteiger partial charge is 0.384 e. The van der Waals surface area contributed by atoms with Gasteiger partial charge in [0.15, 0.2) is 0 Å². The van der Waals surface area contributed by atoms with Crippen LogP contribution in [0.1, 0.15) is 19.8 Å². The Kier molecular flexibility index (Phi) is 4.67. The topological polar surface area (TPSA) is 70.2 Å². The molecule has 0 spiro atoms. The highest BCUT2D eigenvalue weighted by Crippen LogP contribution is 2.26. The predicted octanol–water partition coefficient (Wildman–Crippen LogP) is 1.40. The molecule has 1 atom stereocenters. The van der Waals surface area contributed by atoms with Gasteiger partial charge in [-0.3, -0.25) is 0 Å². The van der Waals surface area contributed by atoms with Crippen molar-refractivity contribution in [2.75, 3.05) is 32.0 Å². The number of hydrogen-bond donors (Lipinski definition) is 3. The van der Waals surface area contributed by atoms with Crippen LogP contribution in [0.3, 0.4) is 0 Å². The molecular weight excluding hydrogens is 274 g/mol. The molecule has 112 valence electrons. The summed E-state index contributed by atoms with van der Waals surface area (Å²) in [6, 6.07) is 6.86. The van der Waals surface area contributed by atoms with E-state index in [9.17, 15) is 8.42 Å². The number of benzene rings is 1. The zero-order valence-corrected chi connectivity index (χ0v) is 12.9. The average molecular weight is 297 g/mol. The quantitative estimate of drug-likeness (QED) is 0.768. The minimum atomic E-state index is -3.35. The van der Waals surface area contributed by atoms with Crippen LogP contribution in [0.4, 0.5) is 5.69 Å². The summed E-state index contributed by atoms with van der Waals surface area (Å²) >= 11 is 0. The first-order valence-electron chi connectivity index (χ1n) is 6.93. The Morgan fingerprint density at radius 3 is 2.55 bits per heavy atom. The second-order valence-corrected chi connectivity index (χ2v) is 7.56. The lowest BCUT2D eigenvalue weighted by Crippen LogP contribution is -2.42. The molecule has 0 radical (unpaired) electrons. The molecule has 0 bridgehead atoms. The van der Waals surface area contributed by atoms with Crippen LogP contribution in [0.5, 0.6) is 0 Å². The molecule has 3 N–H and O–H groups in total. The molecule has 0 aromatic heterocycles. The second kappa shape index (κ2) is 6.11. The number of rotatable bonds is 5. The van der Waals surface area contributed by atoms with Gasteiger partial charge >= 0.3 is 0 Å². The van der Waals surface area contributed by atoms with Gasteiger partial charge < -0.3 is 10.6 Å². The molecular formula is C14H23N3O2S. The van der Waals surface area contributed by atoms with Crippen LogP contribution in [0.15, 0.2) is 29.2 Å². The molecule has 0 aliphatic carbocycles. The van der Waals surface area contributed by atoms with Gasteiger partial charge in [-0.05, 0) is 56.1 Å². The molecule has 1 aliphatic heterocycles. The highest BCUT2D eigenvalue weighted by atomic mass is 32.2. The van der Waals surface area contributed by atoms with Gasteiger partial charge in [0.25, 0.3) is 0 Å². The Hall–Kier alpha value is -1.11. The summed E-state index contributed by atoms with van der Waals surface area (Å²) in [7, 11) is -1.94. The standard InChI is InChI=1S/C14H23N3O2S/c1-14(8-3-9-16-10-14)11-17-12-4-6-13(7-5-12)20(18,19)15-2/h4-7,15-17H,3,8-11H2,1-2H3. The van der Waals surface area contributed by atoms with Crippen molar-refractivity contribution >= 4 is 15.7 Å². The van der Waals surface area contributed by atoms with Crippen molar-refractivity contribution in [1.82, 2.24) is 10.0 Å². The van der Waals surface area contributed by atoms with Gasteiger partial charge in [0.1, 0.15) is 0 Å². The van der Waals surface area contributed by atoms with Crippen LogP contribution in [0, 0.1) is 5.41 Å². The van der Waals surface area contributed by atoms with Gasteiger partial charge in [0.05, 0.1) is 4.90 Å². The van der Waals surface area contributed by atoms with Crippen molar-refractivity contribution in [3.63, 3.8) is 0 Å². The fraction of sp³-hybridized carbons (Fsp3) is 0.571. The van der Waals surface area contributed by atoms with Gasteiger partial charge in [-0.1, -0.05) is 6.92 Å². The minimum absolute atomic E-state index is 0.258. The highest BCUT2D eigenvalue weighted by Gasteiger charge is 2.26. The third kappa shape index (κ3) is 3.71. The van der Waals surface area contributed by atoms with E-state index in [0.717, 1.165) is 25.3 Å². The SMILES string of the molecule is CNS(=O)(=O)c1ccc(NCC2(C)CCCNC2)cc1. The molecule has 0 amide bonds. The summed E-state index contributed by atoms with van der Waals surface area (Å²) in [6.07, 6.45) is 2.41.